The summed E-state index contributed by atoms with van der Waals surface area (Å²) in [7, 11) is 1.91. The van der Waals surface area contributed by atoms with E-state index in [1.807, 2.05) is 37.9 Å². The lowest BCUT2D eigenvalue weighted by molar-refractivity contribution is 0.0503. The lowest BCUT2D eigenvalue weighted by Gasteiger charge is -2.45. The van der Waals surface area contributed by atoms with Crippen LogP contribution in [0.25, 0.3) is 0 Å². The summed E-state index contributed by atoms with van der Waals surface area (Å²) < 4.78 is 0. The highest BCUT2D eigenvalue weighted by Gasteiger charge is 2.48. The minimum atomic E-state index is -1.15. The number of hydrogen-bond donors (Lipinski definition) is 2. The molecule has 2 aliphatic rings. The highest BCUT2D eigenvalue weighted by molar-refractivity contribution is 6.29. The first-order valence-electron chi connectivity index (χ1n) is 11.4. The molecule has 7 heteroatoms. The number of fused-ring (bicyclic) bond motifs is 3. The van der Waals surface area contributed by atoms with Crippen LogP contribution in [0.1, 0.15) is 68.1 Å². The van der Waals surface area contributed by atoms with Gasteiger partial charge in [-0.3, -0.25) is 4.79 Å². The Morgan fingerprint density at radius 2 is 2.00 bits per heavy atom. The molecule has 2 N–H and O–H groups in total. The van der Waals surface area contributed by atoms with E-state index in [1.165, 1.54) is 11.1 Å². The van der Waals surface area contributed by atoms with Crippen molar-refractivity contribution >= 4 is 29.2 Å². The van der Waals surface area contributed by atoms with Crippen LogP contribution >= 0.6 is 11.6 Å². The Balaban J connectivity index is 1.60. The van der Waals surface area contributed by atoms with Crippen LogP contribution in [0, 0.1) is 6.92 Å². The van der Waals surface area contributed by atoms with Crippen molar-refractivity contribution in [2.75, 3.05) is 12.4 Å². The quantitative estimate of drug-likeness (QED) is 0.495. The SMILES string of the molecule is Cc1cc2c(c(C(C)Nc3ccc(Cl)nc3C(=O)O)c1)CC1(CCc3ccccc31)N(C)C2=O. The summed E-state index contributed by atoms with van der Waals surface area (Å²) in [6, 6.07) is 15.4. The van der Waals surface area contributed by atoms with Gasteiger partial charge in [0.15, 0.2) is 5.69 Å². The third kappa shape index (κ3) is 3.44. The Kier molecular flexibility index (Phi) is 5.36. The minimum Gasteiger partial charge on any atom is -0.476 e. The fourth-order valence-corrected chi connectivity index (χ4v) is 5.78. The van der Waals surface area contributed by atoms with E-state index in [0.717, 1.165) is 29.5 Å². The molecule has 2 aromatic carbocycles. The number of carboxylic acid groups (broad SMARTS) is 1. The van der Waals surface area contributed by atoms with E-state index in [1.54, 1.807) is 12.1 Å². The maximum Gasteiger partial charge on any atom is 0.356 e. The third-order valence-electron chi connectivity index (χ3n) is 7.30. The van der Waals surface area contributed by atoms with E-state index in [4.69, 9.17) is 11.6 Å². The van der Waals surface area contributed by atoms with Crippen molar-refractivity contribution in [1.82, 2.24) is 9.88 Å². The predicted octanol–water partition coefficient (Wildman–Crippen LogP) is 5.38. The molecule has 2 heterocycles. The first-order valence-corrected chi connectivity index (χ1v) is 11.8. The Morgan fingerprint density at radius 1 is 1.24 bits per heavy atom. The van der Waals surface area contributed by atoms with Gasteiger partial charge in [0.2, 0.25) is 0 Å². The van der Waals surface area contributed by atoms with Gasteiger partial charge in [0.25, 0.3) is 5.91 Å². The molecule has 1 spiro atoms. The largest absolute Gasteiger partial charge is 0.476 e. The van der Waals surface area contributed by atoms with E-state index < -0.39 is 5.97 Å². The molecule has 1 amide bonds. The van der Waals surface area contributed by atoms with Crippen LogP contribution in [0.4, 0.5) is 5.69 Å². The van der Waals surface area contributed by atoms with Gasteiger partial charge >= 0.3 is 5.97 Å². The molecule has 0 saturated carbocycles. The van der Waals surface area contributed by atoms with E-state index in [-0.39, 0.29) is 28.3 Å². The lowest BCUT2D eigenvalue weighted by atomic mass is 9.76. The number of nitrogens with zero attached hydrogens (tertiary/aromatic N) is 2. The molecule has 0 saturated heterocycles. The van der Waals surface area contributed by atoms with Crippen LogP contribution in [-0.4, -0.2) is 33.9 Å². The monoisotopic (exact) mass is 475 g/mol. The van der Waals surface area contributed by atoms with Crippen LogP contribution in [-0.2, 0) is 18.4 Å². The molecule has 3 aromatic rings. The molecule has 0 bridgehead atoms. The number of hydrogen-bond acceptors (Lipinski definition) is 4. The number of nitrogens with one attached hydrogen (secondary N) is 1. The average Bonchev–Trinajstić information content (AvgIpc) is 3.18. The van der Waals surface area contributed by atoms with Gasteiger partial charge in [-0.05, 0) is 72.7 Å². The molecule has 1 aliphatic carbocycles. The third-order valence-corrected chi connectivity index (χ3v) is 7.51. The van der Waals surface area contributed by atoms with Gasteiger partial charge in [-0.2, -0.15) is 0 Å². The molecule has 34 heavy (non-hydrogen) atoms. The number of likely N-dealkylation sites (N-methyl/N-ethyl adjacent to an activating group) is 1. The van der Waals surface area contributed by atoms with Crippen molar-refractivity contribution in [2.24, 2.45) is 0 Å². The normalized spacial score (nSPS) is 19.6. The first kappa shape index (κ1) is 22.4. The van der Waals surface area contributed by atoms with Gasteiger partial charge < -0.3 is 15.3 Å². The zero-order chi connectivity index (χ0) is 24.2. The number of aryl methyl sites for hydroxylation is 2. The Morgan fingerprint density at radius 3 is 2.76 bits per heavy atom. The predicted molar refractivity (Wildman–Crippen MR) is 132 cm³/mol. The van der Waals surface area contributed by atoms with Gasteiger partial charge in [-0.1, -0.05) is 41.9 Å². The fourth-order valence-electron chi connectivity index (χ4n) is 5.63. The molecule has 1 aromatic heterocycles. The van der Waals surface area contributed by atoms with Gasteiger partial charge in [0.05, 0.1) is 11.2 Å². The molecule has 174 valence electrons. The average molecular weight is 476 g/mol. The maximum atomic E-state index is 13.7. The Hall–Kier alpha value is -3.38. The smallest absolute Gasteiger partial charge is 0.356 e. The summed E-state index contributed by atoms with van der Waals surface area (Å²) in [4.78, 5) is 31.3. The first-order chi connectivity index (χ1) is 16.2. The molecule has 0 radical (unpaired) electrons. The van der Waals surface area contributed by atoms with Crippen molar-refractivity contribution in [2.45, 2.75) is 44.7 Å². The summed E-state index contributed by atoms with van der Waals surface area (Å²) >= 11 is 5.93. The number of carbonyl (C=O) groups excluding carboxylic acids is 1. The molecule has 2 unspecified atom stereocenters. The van der Waals surface area contributed by atoms with Crippen molar-refractivity contribution in [3.63, 3.8) is 0 Å². The number of aromatic nitrogens is 1. The molecule has 0 fully saturated rings. The van der Waals surface area contributed by atoms with E-state index in [0.29, 0.717) is 17.7 Å². The molecule has 5 rings (SSSR count). The van der Waals surface area contributed by atoms with E-state index >= 15 is 0 Å². The summed E-state index contributed by atoms with van der Waals surface area (Å²) in [5, 5.41) is 13.0. The highest BCUT2D eigenvalue weighted by Crippen LogP contribution is 2.48. The number of pyridine rings is 1. The summed E-state index contributed by atoms with van der Waals surface area (Å²) in [5.74, 6) is -1.13. The topological polar surface area (TPSA) is 82.5 Å². The van der Waals surface area contributed by atoms with Crippen LogP contribution in [0.3, 0.4) is 0 Å². The molecule has 1 aliphatic heterocycles. The van der Waals surface area contributed by atoms with Crippen LogP contribution < -0.4 is 5.32 Å². The van der Waals surface area contributed by atoms with Crippen LogP contribution in [0.2, 0.25) is 5.15 Å². The van der Waals surface area contributed by atoms with Crippen molar-refractivity contribution in [1.29, 1.82) is 0 Å². The Labute approximate surface area is 203 Å². The van der Waals surface area contributed by atoms with Gasteiger partial charge in [0.1, 0.15) is 5.15 Å². The molecule has 6 nitrogen and oxygen atoms in total. The van der Waals surface area contributed by atoms with Gasteiger partial charge in [-0.25, -0.2) is 9.78 Å². The Bertz CT molecular complexity index is 1340. The molecular weight excluding hydrogens is 450 g/mol. The second-order valence-corrected chi connectivity index (χ2v) is 9.70. The second kappa shape index (κ2) is 8.13. The fraction of sp³-hybridized carbons (Fsp3) is 0.296. The number of rotatable bonds is 4. The van der Waals surface area contributed by atoms with Crippen molar-refractivity contribution < 1.29 is 14.7 Å². The van der Waals surface area contributed by atoms with Crippen LogP contribution in [0.15, 0.2) is 48.5 Å². The summed E-state index contributed by atoms with van der Waals surface area (Å²) in [6.45, 7) is 3.96. The number of anilines is 1. The summed E-state index contributed by atoms with van der Waals surface area (Å²) in [5.41, 5.74) is 6.11. The number of benzene rings is 2. The number of aromatic carboxylic acids is 1. The number of carbonyl (C=O) groups is 2. The van der Waals surface area contributed by atoms with Crippen LogP contribution in [0.5, 0.6) is 0 Å². The van der Waals surface area contributed by atoms with E-state index in [9.17, 15) is 14.7 Å². The number of halogens is 1. The van der Waals surface area contributed by atoms with Gasteiger partial charge in [-0.15, -0.1) is 0 Å². The number of amides is 1. The summed E-state index contributed by atoms with van der Waals surface area (Å²) in [6.07, 6.45) is 2.54. The zero-order valence-corrected chi connectivity index (χ0v) is 20.1. The van der Waals surface area contributed by atoms with Crippen molar-refractivity contribution in [3.8, 4) is 0 Å². The van der Waals surface area contributed by atoms with Crippen molar-refractivity contribution in [3.05, 3.63) is 92.8 Å². The molecule has 2 atom stereocenters. The second-order valence-electron chi connectivity index (χ2n) is 9.31. The lowest BCUT2D eigenvalue weighted by Crippen LogP contribution is -2.51. The van der Waals surface area contributed by atoms with E-state index in [2.05, 4.69) is 34.6 Å². The minimum absolute atomic E-state index is 0.0227. The highest BCUT2D eigenvalue weighted by atomic mass is 35.5. The molecular formula is C27H26ClN3O3. The standard InChI is InChI=1S/C27H26ClN3O3/c1-15-12-18(16(2)29-22-8-9-23(28)30-24(22)26(33)34)20-14-27(31(3)25(32)19(20)13-15)11-10-17-6-4-5-7-21(17)27/h4-9,12-13,16,29H,10-11,14H2,1-3H3,(H,33,34). The van der Waals surface area contributed by atoms with Gasteiger partial charge in [0, 0.05) is 25.1 Å². The zero-order valence-electron chi connectivity index (χ0n) is 19.4. The number of carboxylic acids is 1. The maximum absolute atomic E-state index is 13.7.